The topological polar surface area (TPSA) is 71.3 Å². The Kier molecular flexibility index (Phi) is 7.09. The molecule has 2 heterocycles. The van der Waals surface area contributed by atoms with Crippen molar-refractivity contribution in [1.29, 1.82) is 0 Å². The fraction of sp³-hybridized carbons (Fsp3) is 0.889. The summed E-state index contributed by atoms with van der Waals surface area (Å²) in [5.41, 5.74) is 0. The van der Waals surface area contributed by atoms with E-state index in [1.165, 1.54) is 24.3 Å². The van der Waals surface area contributed by atoms with Crippen LogP contribution < -0.4 is 5.14 Å². The highest BCUT2D eigenvalue weighted by Gasteiger charge is 2.25. The van der Waals surface area contributed by atoms with E-state index >= 15 is 0 Å². The van der Waals surface area contributed by atoms with Crippen molar-refractivity contribution in [1.82, 2.24) is 12.3 Å². The second-order valence-corrected chi connectivity index (χ2v) is 6.79. The third kappa shape index (κ3) is 5.31. The molecule has 0 spiro atoms. The van der Waals surface area contributed by atoms with Crippen LogP contribution in [0.4, 0.5) is 4.79 Å². The molecule has 7 nitrogen and oxygen atoms in total. The van der Waals surface area contributed by atoms with Gasteiger partial charge in [0.1, 0.15) is 0 Å². The Morgan fingerprint density at radius 2 is 1.37 bits per heavy atom. The van der Waals surface area contributed by atoms with E-state index in [0.717, 1.165) is 38.1 Å². The van der Waals surface area contributed by atoms with Crippen LogP contribution in [-0.2, 0) is 9.47 Å². The first-order chi connectivity index (χ1) is 9.29. The van der Waals surface area contributed by atoms with Crippen LogP contribution >= 0.6 is 36.2 Å². The van der Waals surface area contributed by atoms with Gasteiger partial charge in [0.2, 0.25) is 0 Å². The summed E-state index contributed by atoms with van der Waals surface area (Å²) in [7, 11) is 0. The lowest BCUT2D eigenvalue weighted by Crippen LogP contribution is -2.37. The average molecular weight is 326 g/mol. The molecular weight excluding hydrogens is 308 g/mol. The third-order valence-electron chi connectivity index (χ3n) is 2.57. The number of hydrogen-bond acceptors (Lipinski definition) is 9. The van der Waals surface area contributed by atoms with Crippen LogP contribution in [0.5, 0.6) is 0 Å². The second-order valence-electron chi connectivity index (χ2n) is 3.89. The zero-order valence-corrected chi connectivity index (χ0v) is 13.0. The van der Waals surface area contributed by atoms with Gasteiger partial charge in [-0.2, -0.15) is 3.71 Å². The number of rotatable bonds is 4. The number of nitrogens with two attached hydrogens (primary N) is 1. The van der Waals surface area contributed by atoms with Gasteiger partial charge in [0, 0.05) is 38.1 Å². The number of ether oxygens (including phenoxy) is 2. The lowest BCUT2D eigenvalue weighted by Gasteiger charge is -2.33. The van der Waals surface area contributed by atoms with E-state index in [0.29, 0.717) is 26.4 Å². The van der Waals surface area contributed by atoms with Crippen molar-refractivity contribution in [3.63, 3.8) is 0 Å². The maximum atomic E-state index is 11.9. The van der Waals surface area contributed by atoms with Gasteiger partial charge in [0.15, 0.2) is 0 Å². The number of hydrogen-bond donors (Lipinski definition) is 1. The fourth-order valence-corrected chi connectivity index (χ4v) is 4.00. The number of carbonyl (C=O) groups is 1. The minimum Gasteiger partial charge on any atom is -0.379 e. The van der Waals surface area contributed by atoms with E-state index < -0.39 is 0 Å². The highest BCUT2D eigenvalue weighted by Crippen LogP contribution is 2.31. The zero-order valence-electron chi connectivity index (χ0n) is 10.5. The number of morpholine rings is 2. The first-order valence-electron chi connectivity index (χ1n) is 6.02. The van der Waals surface area contributed by atoms with Gasteiger partial charge >= 0.3 is 5.24 Å². The molecule has 1 amide bonds. The van der Waals surface area contributed by atoms with Gasteiger partial charge in [-0.05, 0) is 0 Å². The summed E-state index contributed by atoms with van der Waals surface area (Å²) in [5.74, 6) is 0. The van der Waals surface area contributed by atoms with Crippen molar-refractivity contribution in [3.05, 3.63) is 0 Å². The molecule has 0 unspecified atom stereocenters. The molecule has 2 saturated heterocycles. The largest absolute Gasteiger partial charge is 0.379 e. The molecule has 2 rings (SSSR count). The van der Waals surface area contributed by atoms with Crippen molar-refractivity contribution >= 4 is 41.5 Å². The summed E-state index contributed by atoms with van der Waals surface area (Å²) in [5, 5.41) is 5.24. The molecule has 0 radical (unpaired) electrons. The Labute approximate surface area is 126 Å². The molecule has 10 heteroatoms. The molecule has 0 aliphatic carbocycles. The average Bonchev–Trinajstić information content (AvgIpc) is 2.48. The molecule has 2 N–H and O–H groups in total. The first-order valence-corrected chi connectivity index (χ1v) is 8.36. The normalized spacial score (nSPS) is 22.4. The summed E-state index contributed by atoms with van der Waals surface area (Å²) >= 11 is 3.56. The SMILES string of the molecule is NSC(=O)N(SN1CCOCC1)SN1CCOCC1. The Hall–Kier alpha value is 0.320. The van der Waals surface area contributed by atoms with E-state index in [-0.39, 0.29) is 5.24 Å². The predicted octanol–water partition coefficient (Wildman–Crippen LogP) is 0.806. The Bertz CT molecular complexity index is 268. The maximum Gasteiger partial charge on any atom is 0.318 e. The highest BCUT2D eigenvalue weighted by atomic mass is 32.2. The zero-order chi connectivity index (χ0) is 13.5. The van der Waals surface area contributed by atoms with E-state index in [1.54, 1.807) is 3.71 Å². The Morgan fingerprint density at radius 3 is 1.74 bits per heavy atom. The van der Waals surface area contributed by atoms with Crippen molar-refractivity contribution in [2.75, 3.05) is 52.6 Å². The molecule has 0 saturated carbocycles. The Morgan fingerprint density at radius 1 is 0.947 bits per heavy atom. The van der Waals surface area contributed by atoms with Gasteiger partial charge in [-0.15, -0.1) is 0 Å². The lowest BCUT2D eigenvalue weighted by atomic mass is 10.5. The van der Waals surface area contributed by atoms with Gasteiger partial charge in [-0.3, -0.25) is 9.93 Å². The van der Waals surface area contributed by atoms with Crippen molar-refractivity contribution in [3.8, 4) is 0 Å². The smallest absolute Gasteiger partial charge is 0.318 e. The summed E-state index contributed by atoms with van der Waals surface area (Å²) in [4.78, 5) is 11.9. The molecule has 110 valence electrons. The molecule has 2 aliphatic heterocycles. The van der Waals surface area contributed by atoms with Gasteiger partial charge < -0.3 is 9.47 Å². The molecule has 19 heavy (non-hydrogen) atoms. The van der Waals surface area contributed by atoms with Crippen LogP contribution in [-0.4, -0.2) is 70.2 Å². The van der Waals surface area contributed by atoms with Crippen LogP contribution in [0, 0.1) is 0 Å². The van der Waals surface area contributed by atoms with Crippen molar-refractivity contribution in [2.24, 2.45) is 5.14 Å². The van der Waals surface area contributed by atoms with E-state index in [1.807, 2.05) is 0 Å². The van der Waals surface area contributed by atoms with E-state index in [4.69, 9.17) is 14.6 Å². The number of nitrogens with zero attached hydrogens (tertiary/aromatic N) is 3. The maximum absolute atomic E-state index is 11.9. The first kappa shape index (κ1) is 15.7. The molecule has 2 fully saturated rings. The monoisotopic (exact) mass is 326 g/mol. The summed E-state index contributed by atoms with van der Waals surface area (Å²) in [6.07, 6.45) is 0. The third-order valence-corrected chi connectivity index (χ3v) is 5.41. The van der Waals surface area contributed by atoms with Crippen LogP contribution in [0.3, 0.4) is 0 Å². The van der Waals surface area contributed by atoms with Crippen molar-refractivity contribution < 1.29 is 14.3 Å². The minimum atomic E-state index is -0.159. The molecule has 0 aromatic heterocycles. The Balaban J connectivity index is 1.84. The molecular formula is C9H18N4O3S3. The summed E-state index contributed by atoms with van der Waals surface area (Å²) in [6.45, 7) is 6.06. The number of carbonyl (C=O) groups excluding carboxylic acids is 1. The van der Waals surface area contributed by atoms with Gasteiger partial charge in [0.25, 0.3) is 0 Å². The standard InChI is InChI=1S/C9H18N4O3S3/c10-17-9(14)13(18-11-1-5-15-6-2-11)19-12-3-7-16-8-4-12/h1-8,10H2. The quantitative estimate of drug-likeness (QED) is 0.755. The van der Waals surface area contributed by atoms with Crippen LogP contribution in [0.2, 0.25) is 0 Å². The predicted molar refractivity (Wildman–Crippen MR) is 79.0 cm³/mol. The van der Waals surface area contributed by atoms with Gasteiger partial charge in [-0.25, -0.2) is 8.61 Å². The van der Waals surface area contributed by atoms with Crippen LogP contribution in [0.25, 0.3) is 0 Å². The van der Waals surface area contributed by atoms with Crippen LogP contribution in [0.1, 0.15) is 0 Å². The molecule has 0 bridgehead atoms. The minimum absolute atomic E-state index is 0.159. The lowest BCUT2D eigenvalue weighted by molar-refractivity contribution is 0.0753. The fourth-order valence-electron chi connectivity index (χ4n) is 1.59. The summed E-state index contributed by atoms with van der Waals surface area (Å²) in [6, 6.07) is 0. The highest BCUT2D eigenvalue weighted by molar-refractivity contribution is 8.18. The second kappa shape index (κ2) is 8.57. The molecule has 0 aromatic rings. The molecule has 0 aromatic carbocycles. The van der Waals surface area contributed by atoms with Gasteiger partial charge in [0.05, 0.1) is 50.7 Å². The molecule has 2 aliphatic rings. The number of amides is 1. The van der Waals surface area contributed by atoms with Gasteiger partial charge in [-0.1, -0.05) is 0 Å². The molecule has 0 atom stereocenters. The van der Waals surface area contributed by atoms with Crippen LogP contribution in [0.15, 0.2) is 0 Å². The van der Waals surface area contributed by atoms with E-state index in [9.17, 15) is 4.79 Å². The van der Waals surface area contributed by atoms with Crippen molar-refractivity contribution in [2.45, 2.75) is 0 Å². The summed E-state index contributed by atoms with van der Waals surface area (Å²) < 4.78 is 16.5. The van der Waals surface area contributed by atoms with E-state index in [2.05, 4.69) is 8.61 Å².